The number of amides is 2. The van der Waals surface area contributed by atoms with Crippen molar-refractivity contribution in [2.45, 2.75) is 19.0 Å². The first-order valence-electron chi connectivity index (χ1n) is 11.2. The van der Waals surface area contributed by atoms with E-state index in [0.717, 1.165) is 16.7 Å². The number of rotatable bonds is 7. The van der Waals surface area contributed by atoms with Crippen LogP contribution in [0.5, 0.6) is 5.75 Å². The second-order valence-corrected chi connectivity index (χ2v) is 8.57. The lowest BCUT2D eigenvalue weighted by atomic mass is 10.2. The highest BCUT2D eigenvalue weighted by Gasteiger charge is 2.31. The van der Waals surface area contributed by atoms with Crippen molar-refractivity contribution in [3.63, 3.8) is 0 Å². The van der Waals surface area contributed by atoms with Crippen LogP contribution in [0.15, 0.2) is 79.0 Å². The molecule has 1 heterocycles. The third-order valence-electron chi connectivity index (χ3n) is 5.34. The van der Waals surface area contributed by atoms with Gasteiger partial charge in [-0.1, -0.05) is 41.9 Å². The molecule has 1 aromatic heterocycles. The molecule has 4 rings (SSSR count). The third kappa shape index (κ3) is 7.65. The number of nitrogens with one attached hydrogen (secondary N) is 2. The van der Waals surface area contributed by atoms with Crippen molar-refractivity contribution in [2.75, 3.05) is 10.6 Å². The minimum absolute atomic E-state index is 0. The van der Waals surface area contributed by atoms with Crippen molar-refractivity contribution < 1.29 is 37.0 Å². The highest BCUT2D eigenvalue weighted by molar-refractivity contribution is 6.31. The van der Waals surface area contributed by atoms with Crippen LogP contribution in [0.3, 0.4) is 0 Å². The molecular weight excluding hydrogens is 576 g/mol. The van der Waals surface area contributed by atoms with Gasteiger partial charge in [-0.3, -0.25) is 9.36 Å². The van der Waals surface area contributed by atoms with Gasteiger partial charge in [-0.05, 0) is 48.0 Å². The number of hydrogen-bond donors (Lipinski definition) is 3. The van der Waals surface area contributed by atoms with Crippen LogP contribution in [0.4, 0.5) is 29.3 Å². The lowest BCUT2D eigenvalue weighted by Gasteiger charge is -2.12. The zero-order chi connectivity index (χ0) is 28.2. The summed E-state index contributed by atoms with van der Waals surface area (Å²) in [4.78, 5) is 38.2. The number of nitrogens with zero attached hydrogens (tertiary/aromatic N) is 1. The van der Waals surface area contributed by atoms with Crippen LogP contribution in [0, 0.1) is 0 Å². The van der Waals surface area contributed by atoms with E-state index in [1.54, 1.807) is 30.3 Å². The first-order chi connectivity index (χ1) is 18.5. The molecule has 1 unspecified atom stereocenters. The number of carbonyl (C=O) groups excluding carboxylic acids is 3. The van der Waals surface area contributed by atoms with Crippen LogP contribution < -0.4 is 21.1 Å². The van der Waals surface area contributed by atoms with Crippen molar-refractivity contribution in [1.82, 2.24) is 4.57 Å². The zero-order valence-corrected chi connectivity index (χ0v) is 21.8. The number of ether oxygens (including phenoxy) is 2. The molecule has 0 bridgehead atoms. The van der Waals surface area contributed by atoms with Gasteiger partial charge in [0.25, 0.3) is 5.91 Å². The Balaban J connectivity index is 0.00000441. The predicted molar refractivity (Wildman–Crippen MR) is 145 cm³/mol. The molecule has 0 aliphatic rings. The smallest absolute Gasteiger partial charge is 0.459 e. The van der Waals surface area contributed by atoms with Gasteiger partial charge in [0.2, 0.25) is 0 Å². The van der Waals surface area contributed by atoms with E-state index in [4.69, 9.17) is 22.1 Å². The maximum atomic E-state index is 13.1. The van der Waals surface area contributed by atoms with Crippen LogP contribution in [-0.2, 0) is 16.1 Å². The third-order valence-corrected chi connectivity index (χ3v) is 5.58. The molecule has 14 heteroatoms. The second kappa shape index (κ2) is 12.7. The number of esters is 1. The van der Waals surface area contributed by atoms with E-state index >= 15 is 0 Å². The van der Waals surface area contributed by atoms with Crippen molar-refractivity contribution in [3.8, 4) is 5.75 Å². The van der Waals surface area contributed by atoms with Gasteiger partial charge in [0, 0.05) is 22.3 Å². The number of carbonyl (C=O) groups is 3. The molecule has 9 nitrogen and oxygen atoms in total. The van der Waals surface area contributed by atoms with Gasteiger partial charge >= 0.3 is 18.4 Å². The maximum absolute atomic E-state index is 13.1. The SMILES string of the molecule is Cl.NC(C(=O)OCc1ccccc1)C(=O)n1cc(NC(=O)Nc2ccc(OC(F)(F)F)cc2)c2cc(Cl)ccc21. The minimum atomic E-state index is -4.85. The molecule has 0 saturated carbocycles. The zero-order valence-electron chi connectivity index (χ0n) is 20.3. The summed E-state index contributed by atoms with van der Waals surface area (Å²) in [7, 11) is 0. The van der Waals surface area contributed by atoms with Crippen LogP contribution in [0.2, 0.25) is 5.02 Å². The van der Waals surface area contributed by atoms with Gasteiger partial charge < -0.3 is 25.8 Å². The average molecular weight is 597 g/mol. The van der Waals surface area contributed by atoms with E-state index in [1.807, 2.05) is 0 Å². The maximum Gasteiger partial charge on any atom is 0.573 e. The summed E-state index contributed by atoms with van der Waals surface area (Å²) in [6.45, 7) is -0.0705. The van der Waals surface area contributed by atoms with Gasteiger partial charge in [-0.25, -0.2) is 9.59 Å². The number of anilines is 2. The Morgan fingerprint density at radius 2 is 1.65 bits per heavy atom. The van der Waals surface area contributed by atoms with E-state index in [1.165, 1.54) is 36.5 Å². The molecule has 3 aromatic carbocycles. The van der Waals surface area contributed by atoms with E-state index in [9.17, 15) is 27.6 Å². The molecule has 4 N–H and O–H groups in total. The lowest BCUT2D eigenvalue weighted by molar-refractivity contribution is -0.274. The molecule has 0 aliphatic carbocycles. The Labute approximate surface area is 236 Å². The summed E-state index contributed by atoms with van der Waals surface area (Å²) in [5, 5.41) is 5.69. The number of hydrogen-bond acceptors (Lipinski definition) is 6. The fourth-order valence-electron chi connectivity index (χ4n) is 3.58. The molecule has 1 atom stereocenters. The summed E-state index contributed by atoms with van der Waals surface area (Å²) in [5.74, 6) is -2.21. The molecule has 40 heavy (non-hydrogen) atoms. The Bertz CT molecular complexity index is 1510. The van der Waals surface area contributed by atoms with Crippen LogP contribution in [-0.4, -0.2) is 34.9 Å². The second-order valence-electron chi connectivity index (χ2n) is 8.13. The molecule has 210 valence electrons. The molecule has 0 fully saturated rings. The molecule has 0 radical (unpaired) electrons. The monoisotopic (exact) mass is 596 g/mol. The summed E-state index contributed by atoms with van der Waals surface area (Å²) in [6.07, 6.45) is -3.58. The van der Waals surface area contributed by atoms with Gasteiger partial charge in [0.05, 0.1) is 11.2 Å². The summed E-state index contributed by atoms with van der Waals surface area (Å²) >= 11 is 6.11. The van der Waals surface area contributed by atoms with Crippen molar-refractivity contribution in [3.05, 3.63) is 89.6 Å². The standard InChI is InChI=1S/C26H20ClF3N4O5.ClH/c27-16-6-11-21-19(12-16)20(33-25(37)32-17-7-9-18(10-8-17)39-26(28,29)30)13-34(21)23(35)22(31)24(36)38-14-15-4-2-1-3-5-15;/h1-13,22H,14,31H2,(H2,32,33,37);1H. The Hall–Kier alpha value is -4.26. The molecule has 4 aromatic rings. The quantitative estimate of drug-likeness (QED) is 0.178. The summed E-state index contributed by atoms with van der Waals surface area (Å²) < 4.78 is 47.1. The van der Waals surface area contributed by atoms with Crippen molar-refractivity contribution in [1.29, 1.82) is 0 Å². The van der Waals surface area contributed by atoms with E-state index in [0.29, 0.717) is 21.5 Å². The number of alkyl halides is 3. The average Bonchev–Trinajstić information content (AvgIpc) is 3.24. The van der Waals surface area contributed by atoms with Gasteiger partial charge in [-0.2, -0.15) is 0 Å². The number of benzene rings is 3. The van der Waals surface area contributed by atoms with Crippen molar-refractivity contribution >= 4 is 64.2 Å². The minimum Gasteiger partial charge on any atom is -0.459 e. The van der Waals surface area contributed by atoms with E-state index in [2.05, 4.69) is 15.4 Å². The molecular formula is C26H21Cl2F3N4O5. The normalized spacial score (nSPS) is 11.7. The van der Waals surface area contributed by atoms with Gasteiger partial charge in [0.1, 0.15) is 12.4 Å². The largest absolute Gasteiger partial charge is 0.573 e. The van der Waals surface area contributed by atoms with E-state index < -0.39 is 36.1 Å². The number of fused-ring (bicyclic) bond motifs is 1. The van der Waals surface area contributed by atoms with Crippen molar-refractivity contribution in [2.24, 2.45) is 5.73 Å². The summed E-state index contributed by atoms with van der Waals surface area (Å²) in [5.41, 5.74) is 7.23. The highest BCUT2D eigenvalue weighted by atomic mass is 35.5. The predicted octanol–water partition coefficient (Wildman–Crippen LogP) is 5.97. The number of nitrogens with two attached hydrogens (primary N) is 1. The fourth-order valence-corrected chi connectivity index (χ4v) is 3.75. The first kappa shape index (κ1) is 30.3. The summed E-state index contributed by atoms with van der Waals surface area (Å²) in [6, 6.07) is 15.4. The Morgan fingerprint density at radius 1 is 0.975 bits per heavy atom. The molecule has 2 amide bonds. The van der Waals surface area contributed by atoms with Crippen LogP contribution >= 0.6 is 24.0 Å². The first-order valence-corrected chi connectivity index (χ1v) is 11.6. The molecule has 0 saturated heterocycles. The Morgan fingerprint density at radius 3 is 2.30 bits per heavy atom. The van der Waals surface area contributed by atoms with Crippen LogP contribution in [0.1, 0.15) is 10.4 Å². The number of urea groups is 1. The lowest BCUT2D eigenvalue weighted by Crippen LogP contribution is -2.42. The Kier molecular flexibility index (Phi) is 9.64. The van der Waals surface area contributed by atoms with Gasteiger partial charge in [-0.15, -0.1) is 25.6 Å². The fraction of sp³-hybridized carbons (Fsp3) is 0.115. The van der Waals surface area contributed by atoms with E-state index in [-0.39, 0.29) is 30.4 Å². The topological polar surface area (TPSA) is 125 Å². The number of aromatic nitrogens is 1. The highest BCUT2D eigenvalue weighted by Crippen LogP contribution is 2.30. The van der Waals surface area contributed by atoms with Crippen LogP contribution in [0.25, 0.3) is 10.9 Å². The van der Waals surface area contributed by atoms with Gasteiger partial charge in [0.15, 0.2) is 6.04 Å². The molecule has 0 spiro atoms. The molecule has 0 aliphatic heterocycles. The number of halogens is 5.